The number of fused-ring (bicyclic) bond motifs is 1. The highest BCUT2D eigenvalue weighted by Crippen LogP contribution is 2.27. The van der Waals surface area contributed by atoms with E-state index in [9.17, 15) is 5.21 Å². The quantitative estimate of drug-likeness (QED) is 0.259. The summed E-state index contributed by atoms with van der Waals surface area (Å²) >= 11 is 0. The monoisotopic (exact) mass is 374 g/mol. The van der Waals surface area contributed by atoms with Crippen LogP contribution in [0.3, 0.4) is 0 Å². The third-order valence-corrected chi connectivity index (χ3v) is 5.54. The van der Waals surface area contributed by atoms with Crippen molar-refractivity contribution in [1.29, 1.82) is 0 Å². The lowest BCUT2D eigenvalue weighted by atomic mass is 9.90. The number of para-hydroxylation sites is 1. The van der Waals surface area contributed by atoms with Crippen molar-refractivity contribution in [3.8, 4) is 5.75 Å². The van der Waals surface area contributed by atoms with Crippen molar-refractivity contribution < 1.29 is 9.94 Å². The Bertz CT molecular complexity index is 942. The first kappa shape index (κ1) is 18.5. The van der Waals surface area contributed by atoms with Gasteiger partial charge in [0.05, 0.1) is 16.9 Å². The zero-order valence-corrected chi connectivity index (χ0v) is 16.1. The molecule has 0 saturated heterocycles. The second-order valence-corrected chi connectivity index (χ2v) is 7.48. The Hall–Kier alpha value is -2.88. The molecule has 2 aromatic carbocycles. The van der Waals surface area contributed by atoms with Crippen LogP contribution in [0.25, 0.3) is 10.9 Å². The lowest BCUT2D eigenvalue weighted by Gasteiger charge is -2.16. The van der Waals surface area contributed by atoms with Gasteiger partial charge in [0.25, 0.3) is 0 Å². The molecule has 0 radical (unpaired) electrons. The van der Waals surface area contributed by atoms with Crippen molar-refractivity contribution in [2.45, 2.75) is 45.1 Å². The molecule has 1 saturated carbocycles. The summed E-state index contributed by atoms with van der Waals surface area (Å²) in [5.41, 5.74) is 3.67. The first-order valence-electron chi connectivity index (χ1n) is 10.1. The molecular formula is C24H26N2O2. The molecule has 1 N–H and O–H groups in total. The van der Waals surface area contributed by atoms with Crippen molar-refractivity contribution in [1.82, 2.24) is 4.98 Å². The van der Waals surface area contributed by atoms with Gasteiger partial charge in [-0.25, -0.2) is 4.98 Å². The second-order valence-electron chi connectivity index (χ2n) is 7.48. The zero-order chi connectivity index (χ0) is 19.2. The minimum Gasteiger partial charge on any atom is -0.487 e. The molecule has 4 nitrogen and oxygen atoms in total. The van der Waals surface area contributed by atoms with E-state index < -0.39 is 0 Å². The normalized spacial score (nSPS) is 16.1. The average Bonchev–Trinajstić information content (AvgIpc) is 3.03. The molecule has 1 aromatic heterocycles. The summed E-state index contributed by atoms with van der Waals surface area (Å²) in [5, 5.41) is 14.4. The van der Waals surface area contributed by atoms with Crippen LogP contribution in [0.4, 0.5) is 0 Å². The first-order valence-corrected chi connectivity index (χ1v) is 10.1. The SMILES string of the molecule is O/N=C(/c1ccc(OCc2ccc3ccccc3n2)cc1)C1CCCCCC1. The van der Waals surface area contributed by atoms with E-state index in [1.165, 1.54) is 25.7 Å². The summed E-state index contributed by atoms with van der Waals surface area (Å²) < 4.78 is 5.91. The molecule has 3 aromatic rings. The fourth-order valence-electron chi connectivity index (χ4n) is 4.00. The minimum absolute atomic E-state index is 0.348. The van der Waals surface area contributed by atoms with Crippen molar-refractivity contribution in [2.24, 2.45) is 11.1 Å². The fourth-order valence-corrected chi connectivity index (χ4v) is 4.00. The Morgan fingerprint density at radius 2 is 1.68 bits per heavy atom. The summed E-state index contributed by atoms with van der Waals surface area (Å²) in [6, 6.07) is 20.0. The predicted octanol–water partition coefficient (Wildman–Crippen LogP) is 5.96. The van der Waals surface area contributed by atoms with Gasteiger partial charge in [-0.05, 0) is 54.8 Å². The predicted molar refractivity (Wildman–Crippen MR) is 112 cm³/mol. The third-order valence-electron chi connectivity index (χ3n) is 5.54. The molecule has 144 valence electrons. The first-order chi connectivity index (χ1) is 13.8. The highest BCUT2D eigenvalue weighted by molar-refractivity contribution is 6.02. The number of hydrogen-bond donors (Lipinski definition) is 1. The maximum atomic E-state index is 9.58. The van der Waals surface area contributed by atoms with Crippen LogP contribution >= 0.6 is 0 Å². The standard InChI is InChI=1S/C24H26N2O2/c27-26-24(19-8-3-1-2-4-9-19)20-12-15-22(16-13-20)28-17-21-14-11-18-7-5-6-10-23(18)25-21/h5-7,10-16,19,27H,1-4,8-9,17H2/b26-24+. The van der Waals surface area contributed by atoms with Crippen LogP contribution < -0.4 is 4.74 Å². The number of hydrogen-bond acceptors (Lipinski definition) is 4. The van der Waals surface area contributed by atoms with Gasteiger partial charge in [-0.1, -0.05) is 55.1 Å². The van der Waals surface area contributed by atoms with E-state index >= 15 is 0 Å². The van der Waals surface area contributed by atoms with Crippen LogP contribution in [-0.2, 0) is 6.61 Å². The fraction of sp³-hybridized carbons (Fsp3) is 0.333. The Labute approximate surface area is 165 Å². The highest BCUT2D eigenvalue weighted by Gasteiger charge is 2.20. The van der Waals surface area contributed by atoms with Crippen molar-refractivity contribution in [3.63, 3.8) is 0 Å². The third kappa shape index (κ3) is 4.33. The van der Waals surface area contributed by atoms with E-state index in [4.69, 9.17) is 4.74 Å². The Morgan fingerprint density at radius 3 is 2.43 bits per heavy atom. The molecule has 28 heavy (non-hydrogen) atoms. The summed E-state index contributed by atoms with van der Waals surface area (Å²) in [7, 11) is 0. The zero-order valence-electron chi connectivity index (χ0n) is 16.1. The summed E-state index contributed by atoms with van der Waals surface area (Å²) in [4.78, 5) is 4.64. The van der Waals surface area contributed by atoms with Crippen LogP contribution in [-0.4, -0.2) is 15.9 Å². The van der Waals surface area contributed by atoms with Crippen LogP contribution in [0.2, 0.25) is 0 Å². The molecule has 0 aliphatic heterocycles. The van der Waals surface area contributed by atoms with Crippen LogP contribution in [0.5, 0.6) is 5.75 Å². The van der Waals surface area contributed by atoms with E-state index in [1.807, 2.05) is 48.5 Å². The van der Waals surface area contributed by atoms with Crippen LogP contribution in [0.1, 0.15) is 49.8 Å². The number of rotatable bonds is 5. The second kappa shape index (κ2) is 8.87. The molecule has 4 rings (SSSR count). The molecule has 1 aliphatic rings. The van der Waals surface area contributed by atoms with Gasteiger partial charge < -0.3 is 9.94 Å². The van der Waals surface area contributed by atoms with Crippen LogP contribution in [0, 0.1) is 5.92 Å². The minimum atomic E-state index is 0.348. The Morgan fingerprint density at radius 1 is 0.929 bits per heavy atom. The summed E-state index contributed by atoms with van der Waals surface area (Å²) in [6.45, 7) is 0.424. The number of oxime groups is 1. The lowest BCUT2D eigenvalue weighted by Crippen LogP contribution is -2.15. The number of benzene rings is 2. The molecule has 1 fully saturated rings. The van der Waals surface area contributed by atoms with E-state index in [0.717, 1.165) is 46.5 Å². The van der Waals surface area contributed by atoms with Gasteiger partial charge in [0.1, 0.15) is 12.4 Å². The van der Waals surface area contributed by atoms with Gasteiger partial charge in [0.2, 0.25) is 0 Å². The van der Waals surface area contributed by atoms with E-state index in [0.29, 0.717) is 12.5 Å². The number of nitrogens with zero attached hydrogens (tertiary/aromatic N) is 2. The molecule has 0 bridgehead atoms. The van der Waals surface area contributed by atoms with Gasteiger partial charge >= 0.3 is 0 Å². The number of pyridine rings is 1. The van der Waals surface area contributed by atoms with Gasteiger partial charge in [0, 0.05) is 11.3 Å². The molecule has 1 heterocycles. The van der Waals surface area contributed by atoms with E-state index in [1.54, 1.807) is 0 Å². The maximum Gasteiger partial charge on any atom is 0.130 e. The van der Waals surface area contributed by atoms with Crippen molar-refractivity contribution in [3.05, 3.63) is 71.9 Å². The molecule has 0 amide bonds. The molecule has 4 heteroatoms. The molecule has 0 spiro atoms. The van der Waals surface area contributed by atoms with Crippen molar-refractivity contribution in [2.75, 3.05) is 0 Å². The summed E-state index contributed by atoms with van der Waals surface area (Å²) in [6.07, 6.45) is 7.19. The summed E-state index contributed by atoms with van der Waals surface area (Å²) in [5.74, 6) is 1.14. The van der Waals surface area contributed by atoms with E-state index in [2.05, 4.69) is 22.3 Å². The maximum absolute atomic E-state index is 9.58. The smallest absolute Gasteiger partial charge is 0.130 e. The number of aromatic nitrogens is 1. The molecule has 0 unspecified atom stereocenters. The Kier molecular flexibility index (Phi) is 5.86. The van der Waals surface area contributed by atoms with Crippen molar-refractivity contribution >= 4 is 16.6 Å². The lowest BCUT2D eigenvalue weighted by molar-refractivity contribution is 0.301. The van der Waals surface area contributed by atoms with Gasteiger partial charge in [0.15, 0.2) is 0 Å². The average molecular weight is 374 g/mol. The molecule has 1 aliphatic carbocycles. The highest BCUT2D eigenvalue weighted by atomic mass is 16.5. The van der Waals surface area contributed by atoms with Gasteiger partial charge in [-0.15, -0.1) is 0 Å². The Balaban J connectivity index is 1.42. The largest absolute Gasteiger partial charge is 0.487 e. The van der Waals surface area contributed by atoms with Crippen LogP contribution in [0.15, 0.2) is 65.8 Å². The van der Waals surface area contributed by atoms with E-state index in [-0.39, 0.29) is 0 Å². The molecular weight excluding hydrogens is 348 g/mol. The van der Waals surface area contributed by atoms with Gasteiger partial charge in [-0.2, -0.15) is 0 Å². The topological polar surface area (TPSA) is 54.7 Å². The van der Waals surface area contributed by atoms with Gasteiger partial charge in [-0.3, -0.25) is 0 Å². The number of ether oxygens (including phenoxy) is 1. The molecule has 0 atom stereocenters.